The van der Waals surface area contributed by atoms with Gasteiger partial charge in [-0.05, 0) is 37.3 Å². The minimum Gasteiger partial charge on any atom is -0.349 e. The van der Waals surface area contributed by atoms with Crippen molar-refractivity contribution < 1.29 is 4.79 Å². The highest BCUT2D eigenvalue weighted by Crippen LogP contribution is 2.29. The van der Waals surface area contributed by atoms with Crippen molar-refractivity contribution in [1.29, 1.82) is 0 Å². The molecule has 2 rings (SSSR count). The highest BCUT2D eigenvalue weighted by atomic mass is 35.5. The fourth-order valence-corrected chi connectivity index (χ4v) is 2.45. The zero-order valence-electron chi connectivity index (χ0n) is 11.6. The van der Waals surface area contributed by atoms with E-state index in [4.69, 9.17) is 5.73 Å². The molecule has 4 heteroatoms. The first-order valence-corrected chi connectivity index (χ1v) is 6.73. The van der Waals surface area contributed by atoms with Crippen LogP contribution in [-0.4, -0.2) is 11.9 Å². The van der Waals surface area contributed by atoms with Crippen molar-refractivity contribution in [2.45, 2.75) is 45.2 Å². The van der Waals surface area contributed by atoms with Crippen molar-refractivity contribution >= 4 is 18.3 Å². The molecular formula is C15H23ClN2O. The topological polar surface area (TPSA) is 55.1 Å². The number of benzene rings is 1. The van der Waals surface area contributed by atoms with Crippen LogP contribution in [0.5, 0.6) is 0 Å². The average Bonchev–Trinajstić information content (AvgIpc) is 2.38. The summed E-state index contributed by atoms with van der Waals surface area (Å²) in [4.78, 5) is 12.1. The first kappa shape index (κ1) is 16.0. The number of amides is 1. The SMILES string of the molecule is CC(N)C(C)C(=O)NC1CCCc2ccccc21.Cl. The number of carbonyl (C=O) groups is 1. The molecule has 0 spiro atoms. The molecule has 1 amide bonds. The van der Waals surface area contributed by atoms with Crippen LogP contribution in [-0.2, 0) is 11.2 Å². The van der Waals surface area contributed by atoms with E-state index in [0.29, 0.717) is 0 Å². The maximum atomic E-state index is 12.1. The first-order chi connectivity index (χ1) is 8.59. The minimum absolute atomic E-state index is 0. The molecule has 0 aliphatic heterocycles. The van der Waals surface area contributed by atoms with Gasteiger partial charge in [0.25, 0.3) is 0 Å². The van der Waals surface area contributed by atoms with E-state index >= 15 is 0 Å². The van der Waals surface area contributed by atoms with Gasteiger partial charge in [-0.3, -0.25) is 4.79 Å². The fraction of sp³-hybridized carbons (Fsp3) is 0.533. The normalized spacial score (nSPS) is 20.7. The van der Waals surface area contributed by atoms with E-state index in [9.17, 15) is 4.79 Å². The van der Waals surface area contributed by atoms with E-state index in [2.05, 4.69) is 23.5 Å². The van der Waals surface area contributed by atoms with Crippen molar-refractivity contribution in [3.63, 3.8) is 0 Å². The third kappa shape index (κ3) is 3.71. The number of rotatable bonds is 3. The smallest absolute Gasteiger partial charge is 0.224 e. The quantitative estimate of drug-likeness (QED) is 0.895. The second kappa shape index (κ2) is 6.92. The average molecular weight is 283 g/mol. The lowest BCUT2D eigenvalue weighted by molar-refractivity contribution is -0.125. The molecule has 1 aliphatic rings. The number of fused-ring (bicyclic) bond motifs is 1. The van der Waals surface area contributed by atoms with E-state index in [1.165, 1.54) is 11.1 Å². The van der Waals surface area contributed by atoms with Gasteiger partial charge in [-0.25, -0.2) is 0 Å². The van der Waals surface area contributed by atoms with Crippen LogP contribution in [0.2, 0.25) is 0 Å². The van der Waals surface area contributed by atoms with Gasteiger partial charge in [0.1, 0.15) is 0 Å². The molecule has 3 N–H and O–H groups in total. The molecule has 3 nitrogen and oxygen atoms in total. The van der Waals surface area contributed by atoms with Crippen LogP contribution < -0.4 is 11.1 Å². The lowest BCUT2D eigenvalue weighted by atomic mass is 9.87. The lowest BCUT2D eigenvalue weighted by Gasteiger charge is -2.28. The summed E-state index contributed by atoms with van der Waals surface area (Å²) in [7, 11) is 0. The van der Waals surface area contributed by atoms with E-state index in [-0.39, 0.29) is 36.3 Å². The maximum absolute atomic E-state index is 12.1. The van der Waals surface area contributed by atoms with Gasteiger partial charge in [-0.2, -0.15) is 0 Å². The Hall–Kier alpha value is -1.06. The lowest BCUT2D eigenvalue weighted by Crippen LogP contribution is -2.41. The molecule has 106 valence electrons. The highest BCUT2D eigenvalue weighted by Gasteiger charge is 2.24. The summed E-state index contributed by atoms with van der Waals surface area (Å²) in [5, 5.41) is 3.14. The zero-order valence-corrected chi connectivity index (χ0v) is 12.4. The molecule has 3 unspecified atom stereocenters. The molecule has 0 saturated heterocycles. The van der Waals surface area contributed by atoms with Gasteiger partial charge in [0.15, 0.2) is 0 Å². The van der Waals surface area contributed by atoms with Crippen molar-refractivity contribution in [2.75, 3.05) is 0 Å². The Balaban J connectivity index is 0.00000180. The predicted octanol–water partition coefficient (Wildman–Crippen LogP) is 2.59. The molecule has 19 heavy (non-hydrogen) atoms. The van der Waals surface area contributed by atoms with Gasteiger partial charge < -0.3 is 11.1 Å². The van der Waals surface area contributed by atoms with Gasteiger partial charge in [-0.15, -0.1) is 12.4 Å². The Morgan fingerprint density at radius 2 is 2.05 bits per heavy atom. The molecular weight excluding hydrogens is 260 g/mol. The van der Waals surface area contributed by atoms with Crippen molar-refractivity contribution in [3.05, 3.63) is 35.4 Å². The summed E-state index contributed by atoms with van der Waals surface area (Å²) in [6, 6.07) is 8.43. The molecule has 1 aromatic rings. The van der Waals surface area contributed by atoms with Crippen LogP contribution in [0.15, 0.2) is 24.3 Å². The number of aryl methyl sites for hydroxylation is 1. The molecule has 0 bridgehead atoms. The van der Waals surface area contributed by atoms with Crippen LogP contribution in [0.1, 0.15) is 43.9 Å². The Morgan fingerprint density at radius 1 is 1.37 bits per heavy atom. The van der Waals surface area contributed by atoms with E-state index < -0.39 is 0 Å². The predicted molar refractivity (Wildman–Crippen MR) is 80.3 cm³/mol. The number of carbonyl (C=O) groups excluding carboxylic acids is 1. The summed E-state index contributed by atoms with van der Waals surface area (Å²) in [6.07, 6.45) is 3.27. The monoisotopic (exact) mass is 282 g/mol. The second-order valence-electron chi connectivity index (χ2n) is 5.30. The number of nitrogens with one attached hydrogen (secondary N) is 1. The minimum atomic E-state index is -0.140. The summed E-state index contributed by atoms with van der Waals surface area (Å²) < 4.78 is 0. The third-order valence-corrected chi connectivity index (χ3v) is 3.89. The van der Waals surface area contributed by atoms with Crippen LogP contribution in [0.3, 0.4) is 0 Å². The van der Waals surface area contributed by atoms with Gasteiger partial charge in [-0.1, -0.05) is 31.2 Å². The molecule has 0 aromatic heterocycles. The summed E-state index contributed by atoms with van der Waals surface area (Å²) in [5.74, 6) is -0.0780. The number of hydrogen-bond acceptors (Lipinski definition) is 2. The fourth-order valence-electron chi connectivity index (χ4n) is 2.45. The zero-order chi connectivity index (χ0) is 13.1. The number of halogens is 1. The van der Waals surface area contributed by atoms with E-state index in [1.807, 2.05) is 19.9 Å². The van der Waals surface area contributed by atoms with Crippen molar-refractivity contribution in [2.24, 2.45) is 11.7 Å². The number of hydrogen-bond donors (Lipinski definition) is 2. The first-order valence-electron chi connectivity index (χ1n) is 6.73. The third-order valence-electron chi connectivity index (χ3n) is 3.89. The Bertz CT molecular complexity index is 434. The van der Waals surface area contributed by atoms with E-state index in [1.54, 1.807) is 0 Å². The molecule has 0 heterocycles. The van der Waals surface area contributed by atoms with Gasteiger partial charge >= 0.3 is 0 Å². The Kier molecular flexibility index (Phi) is 5.83. The molecule has 3 atom stereocenters. The van der Waals surface area contributed by atoms with Gasteiger partial charge in [0.05, 0.1) is 6.04 Å². The van der Waals surface area contributed by atoms with Gasteiger partial charge in [0.2, 0.25) is 5.91 Å². The van der Waals surface area contributed by atoms with Crippen molar-refractivity contribution in [3.8, 4) is 0 Å². The van der Waals surface area contributed by atoms with Crippen LogP contribution in [0.25, 0.3) is 0 Å². The summed E-state index contributed by atoms with van der Waals surface area (Å²) in [5.41, 5.74) is 8.41. The highest BCUT2D eigenvalue weighted by molar-refractivity contribution is 5.85. The number of nitrogens with two attached hydrogens (primary N) is 1. The Morgan fingerprint density at radius 3 is 2.74 bits per heavy atom. The molecule has 0 saturated carbocycles. The summed E-state index contributed by atoms with van der Waals surface area (Å²) >= 11 is 0. The molecule has 1 aromatic carbocycles. The standard InChI is InChI=1S/C15H22N2O.ClH/c1-10(11(2)16)15(18)17-14-9-5-7-12-6-3-4-8-13(12)14;/h3-4,6,8,10-11,14H,5,7,9,16H2,1-2H3,(H,17,18);1H. The second-order valence-corrected chi connectivity index (χ2v) is 5.30. The summed E-state index contributed by atoms with van der Waals surface area (Å²) in [6.45, 7) is 3.76. The van der Waals surface area contributed by atoms with Crippen LogP contribution in [0, 0.1) is 5.92 Å². The van der Waals surface area contributed by atoms with Crippen LogP contribution >= 0.6 is 12.4 Å². The van der Waals surface area contributed by atoms with Gasteiger partial charge in [0, 0.05) is 12.0 Å². The molecule has 1 aliphatic carbocycles. The largest absolute Gasteiger partial charge is 0.349 e. The maximum Gasteiger partial charge on any atom is 0.224 e. The molecule has 0 radical (unpaired) electrons. The molecule has 0 fully saturated rings. The van der Waals surface area contributed by atoms with Crippen molar-refractivity contribution in [1.82, 2.24) is 5.32 Å². The Labute approximate surface area is 121 Å². The van der Waals surface area contributed by atoms with E-state index in [0.717, 1.165) is 19.3 Å². The van der Waals surface area contributed by atoms with Crippen LogP contribution in [0.4, 0.5) is 0 Å².